The van der Waals surface area contributed by atoms with E-state index in [-0.39, 0.29) is 5.54 Å². The SMILES string of the molecule is CN1CCC(CN=C(N)NCC2CCCO2)(N2CCCCC2)CC1. The van der Waals surface area contributed by atoms with Gasteiger partial charge in [-0.2, -0.15) is 0 Å². The fourth-order valence-corrected chi connectivity index (χ4v) is 4.29. The highest BCUT2D eigenvalue weighted by Crippen LogP contribution is 2.31. The van der Waals surface area contributed by atoms with Crippen molar-refractivity contribution in [1.82, 2.24) is 15.1 Å². The number of ether oxygens (including phenoxy) is 1. The third-order valence-electron chi connectivity index (χ3n) is 6.02. The van der Waals surface area contributed by atoms with Crippen LogP contribution in [0.2, 0.25) is 0 Å². The topological polar surface area (TPSA) is 66.1 Å². The molecular formula is C18H35N5O. The van der Waals surface area contributed by atoms with Gasteiger partial charge < -0.3 is 20.7 Å². The quantitative estimate of drug-likeness (QED) is 0.579. The van der Waals surface area contributed by atoms with E-state index in [0.29, 0.717) is 12.1 Å². The summed E-state index contributed by atoms with van der Waals surface area (Å²) in [4.78, 5) is 9.89. The number of nitrogens with one attached hydrogen (secondary N) is 1. The van der Waals surface area contributed by atoms with Crippen LogP contribution >= 0.6 is 0 Å². The smallest absolute Gasteiger partial charge is 0.188 e. The van der Waals surface area contributed by atoms with E-state index >= 15 is 0 Å². The summed E-state index contributed by atoms with van der Waals surface area (Å²) in [7, 11) is 2.22. The van der Waals surface area contributed by atoms with Crippen molar-refractivity contribution < 1.29 is 4.74 Å². The molecule has 0 aromatic rings. The molecule has 0 aromatic heterocycles. The number of rotatable bonds is 5. The van der Waals surface area contributed by atoms with Gasteiger partial charge in [-0.3, -0.25) is 9.89 Å². The third kappa shape index (κ3) is 4.61. The van der Waals surface area contributed by atoms with Gasteiger partial charge in [-0.25, -0.2) is 0 Å². The van der Waals surface area contributed by atoms with E-state index in [1.54, 1.807) is 0 Å². The molecule has 3 fully saturated rings. The number of nitrogens with two attached hydrogens (primary N) is 1. The fraction of sp³-hybridized carbons (Fsp3) is 0.944. The van der Waals surface area contributed by atoms with Crippen molar-refractivity contribution in [1.29, 1.82) is 0 Å². The van der Waals surface area contributed by atoms with Gasteiger partial charge >= 0.3 is 0 Å². The summed E-state index contributed by atoms with van der Waals surface area (Å²) < 4.78 is 5.64. The van der Waals surface area contributed by atoms with Crippen molar-refractivity contribution in [3.05, 3.63) is 0 Å². The van der Waals surface area contributed by atoms with Crippen LogP contribution in [-0.2, 0) is 4.74 Å². The number of hydrogen-bond acceptors (Lipinski definition) is 4. The molecule has 3 aliphatic heterocycles. The first-order chi connectivity index (χ1) is 11.7. The van der Waals surface area contributed by atoms with Crippen molar-refractivity contribution in [3.63, 3.8) is 0 Å². The minimum absolute atomic E-state index is 0.211. The summed E-state index contributed by atoms with van der Waals surface area (Å²) in [6.07, 6.45) is 9.03. The molecule has 0 saturated carbocycles. The standard InChI is InChI=1S/C18H35N5O/c1-22-11-7-18(8-12-22,23-9-3-2-4-10-23)15-21-17(19)20-14-16-6-5-13-24-16/h16H,2-15H2,1H3,(H3,19,20,21). The van der Waals surface area contributed by atoms with Crippen molar-refractivity contribution in [2.45, 2.75) is 56.6 Å². The van der Waals surface area contributed by atoms with Crippen LogP contribution in [0.3, 0.4) is 0 Å². The lowest BCUT2D eigenvalue weighted by Gasteiger charge is -2.49. The van der Waals surface area contributed by atoms with E-state index in [0.717, 1.165) is 45.6 Å². The molecule has 6 nitrogen and oxygen atoms in total. The highest BCUT2D eigenvalue weighted by atomic mass is 16.5. The molecule has 3 N–H and O–H groups in total. The molecule has 138 valence electrons. The average molecular weight is 338 g/mol. The Morgan fingerprint density at radius 2 is 1.92 bits per heavy atom. The molecule has 0 radical (unpaired) electrons. The summed E-state index contributed by atoms with van der Waals surface area (Å²) in [6, 6.07) is 0. The highest BCUT2D eigenvalue weighted by Gasteiger charge is 2.39. The van der Waals surface area contributed by atoms with Gasteiger partial charge in [0.25, 0.3) is 0 Å². The van der Waals surface area contributed by atoms with E-state index in [9.17, 15) is 0 Å². The Morgan fingerprint density at radius 3 is 2.58 bits per heavy atom. The van der Waals surface area contributed by atoms with Crippen molar-refractivity contribution in [2.24, 2.45) is 10.7 Å². The Labute approximate surface area is 146 Å². The molecule has 3 heterocycles. The summed E-state index contributed by atoms with van der Waals surface area (Å²) in [6.45, 7) is 7.27. The molecule has 0 bridgehead atoms. The Hall–Kier alpha value is -0.850. The van der Waals surface area contributed by atoms with Crippen LogP contribution in [0.5, 0.6) is 0 Å². The second-order valence-corrected chi connectivity index (χ2v) is 7.79. The average Bonchev–Trinajstić information content (AvgIpc) is 3.14. The molecule has 0 aliphatic carbocycles. The number of piperidine rings is 2. The highest BCUT2D eigenvalue weighted by molar-refractivity contribution is 5.77. The van der Waals surface area contributed by atoms with Gasteiger partial charge in [-0.1, -0.05) is 6.42 Å². The minimum atomic E-state index is 0.211. The minimum Gasteiger partial charge on any atom is -0.376 e. The molecular weight excluding hydrogens is 302 g/mol. The zero-order chi connectivity index (χ0) is 16.8. The largest absolute Gasteiger partial charge is 0.376 e. The molecule has 3 rings (SSSR count). The van der Waals surface area contributed by atoms with E-state index in [1.807, 2.05) is 0 Å². The molecule has 24 heavy (non-hydrogen) atoms. The van der Waals surface area contributed by atoms with Crippen molar-refractivity contribution in [3.8, 4) is 0 Å². The number of hydrogen-bond donors (Lipinski definition) is 2. The van der Waals surface area contributed by atoms with Crippen LogP contribution in [0.15, 0.2) is 4.99 Å². The Bertz CT molecular complexity index is 408. The first-order valence-electron chi connectivity index (χ1n) is 9.77. The summed E-state index contributed by atoms with van der Waals surface area (Å²) >= 11 is 0. The van der Waals surface area contributed by atoms with Gasteiger partial charge in [0.05, 0.1) is 12.6 Å². The van der Waals surface area contributed by atoms with E-state index < -0.39 is 0 Å². The predicted molar refractivity (Wildman–Crippen MR) is 98.4 cm³/mol. The van der Waals surface area contributed by atoms with Gasteiger partial charge in [0, 0.05) is 18.7 Å². The maximum absolute atomic E-state index is 6.14. The first kappa shape index (κ1) is 18.0. The second kappa shape index (κ2) is 8.50. The fourth-order valence-electron chi connectivity index (χ4n) is 4.29. The summed E-state index contributed by atoms with van der Waals surface area (Å²) in [5.74, 6) is 0.584. The zero-order valence-corrected chi connectivity index (χ0v) is 15.3. The van der Waals surface area contributed by atoms with Gasteiger partial charge in [-0.05, 0) is 71.8 Å². The molecule has 0 aromatic carbocycles. The van der Waals surface area contributed by atoms with E-state index in [4.69, 9.17) is 15.5 Å². The lowest BCUT2D eigenvalue weighted by atomic mass is 9.84. The monoisotopic (exact) mass is 337 g/mol. The summed E-state index contributed by atoms with van der Waals surface area (Å²) in [5.41, 5.74) is 6.35. The number of aliphatic imine (C=N–C) groups is 1. The van der Waals surface area contributed by atoms with Crippen molar-refractivity contribution >= 4 is 5.96 Å². The maximum Gasteiger partial charge on any atom is 0.188 e. The lowest BCUT2D eigenvalue weighted by molar-refractivity contribution is 0.0208. The number of nitrogens with zero attached hydrogens (tertiary/aromatic N) is 3. The van der Waals surface area contributed by atoms with Crippen LogP contribution < -0.4 is 11.1 Å². The van der Waals surface area contributed by atoms with Crippen LogP contribution in [-0.4, -0.2) is 80.3 Å². The molecule has 0 spiro atoms. The molecule has 3 saturated heterocycles. The zero-order valence-electron chi connectivity index (χ0n) is 15.3. The third-order valence-corrected chi connectivity index (χ3v) is 6.02. The van der Waals surface area contributed by atoms with Crippen LogP contribution in [0, 0.1) is 0 Å². The molecule has 6 heteroatoms. The van der Waals surface area contributed by atoms with Gasteiger partial charge in [0.15, 0.2) is 5.96 Å². The molecule has 3 aliphatic rings. The van der Waals surface area contributed by atoms with E-state index in [2.05, 4.69) is 22.2 Å². The van der Waals surface area contributed by atoms with E-state index in [1.165, 1.54) is 45.2 Å². The molecule has 1 unspecified atom stereocenters. The Kier molecular flexibility index (Phi) is 6.36. The first-order valence-corrected chi connectivity index (χ1v) is 9.77. The lowest BCUT2D eigenvalue weighted by Crippen LogP contribution is -2.58. The van der Waals surface area contributed by atoms with Crippen LogP contribution in [0.4, 0.5) is 0 Å². The maximum atomic E-state index is 6.14. The van der Waals surface area contributed by atoms with Gasteiger partial charge in [-0.15, -0.1) is 0 Å². The Balaban J connectivity index is 1.57. The van der Waals surface area contributed by atoms with Gasteiger partial charge in [0.2, 0.25) is 0 Å². The number of likely N-dealkylation sites (tertiary alicyclic amines) is 2. The normalized spacial score (nSPS) is 29.7. The van der Waals surface area contributed by atoms with Gasteiger partial charge in [0.1, 0.15) is 0 Å². The summed E-state index contributed by atoms with van der Waals surface area (Å²) in [5, 5.41) is 3.27. The van der Waals surface area contributed by atoms with Crippen LogP contribution in [0.25, 0.3) is 0 Å². The molecule has 1 atom stereocenters. The Morgan fingerprint density at radius 1 is 1.17 bits per heavy atom. The molecule has 0 amide bonds. The predicted octanol–water partition coefficient (Wildman–Crippen LogP) is 1.02. The van der Waals surface area contributed by atoms with Crippen molar-refractivity contribution in [2.75, 3.05) is 52.9 Å². The second-order valence-electron chi connectivity index (χ2n) is 7.79. The number of guanidine groups is 1. The van der Waals surface area contributed by atoms with Crippen LogP contribution in [0.1, 0.15) is 44.9 Å².